The number of anilines is 2. The van der Waals surface area contributed by atoms with E-state index in [2.05, 4.69) is 52.8 Å². The van der Waals surface area contributed by atoms with Gasteiger partial charge in [-0.1, -0.05) is 60.7 Å². The van der Waals surface area contributed by atoms with Gasteiger partial charge in [0.15, 0.2) is 0 Å². The molecule has 3 aromatic rings. The fourth-order valence-corrected chi connectivity index (χ4v) is 5.13. The van der Waals surface area contributed by atoms with Crippen molar-refractivity contribution in [2.45, 2.75) is 50.9 Å². The molecular weight excluding hydrogens is 440 g/mol. The number of hydrazine groups is 2. The molecule has 182 valence electrons. The van der Waals surface area contributed by atoms with Crippen LogP contribution in [0.25, 0.3) is 11.1 Å². The lowest BCUT2D eigenvalue weighted by Crippen LogP contribution is -2.51. The lowest BCUT2D eigenvalue weighted by molar-refractivity contribution is -0.101. The highest BCUT2D eigenvalue weighted by Gasteiger charge is 2.46. The molecule has 2 unspecified atom stereocenters. The summed E-state index contributed by atoms with van der Waals surface area (Å²) in [6.45, 7) is 6.08. The van der Waals surface area contributed by atoms with E-state index in [1.54, 1.807) is 18.7 Å². The third kappa shape index (κ3) is 4.70. The zero-order valence-electron chi connectivity index (χ0n) is 20.3. The minimum absolute atomic E-state index is 0.137. The average Bonchev–Trinajstić information content (AvgIpc) is 3.31. The lowest BCUT2D eigenvalue weighted by atomic mass is 9.80. The molecule has 5 rings (SSSR count). The lowest BCUT2D eigenvalue weighted by Gasteiger charge is -2.45. The van der Waals surface area contributed by atoms with E-state index >= 15 is 0 Å². The molecule has 4 N–H and O–H groups in total. The molecule has 1 amide bonds. The number of nitrogens with zero attached hydrogens (tertiary/aromatic N) is 1. The molecule has 0 aliphatic carbocycles. The van der Waals surface area contributed by atoms with Crippen LogP contribution in [0.2, 0.25) is 0 Å². The maximum atomic E-state index is 13.3. The van der Waals surface area contributed by atoms with Crippen molar-refractivity contribution in [3.05, 3.63) is 83.9 Å². The molecule has 0 saturated carbocycles. The highest BCUT2D eigenvalue weighted by molar-refractivity contribution is 5.79. The molecule has 2 aliphatic heterocycles. The van der Waals surface area contributed by atoms with Crippen LogP contribution in [0.15, 0.2) is 72.8 Å². The summed E-state index contributed by atoms with van der Waals surface area (Å²) < 4.78 is 6.14. The number of hydrogen-bond donors (Lipinski definition) is 4. The molecule has 0 spiro atoms. The van der Waals surface area contributed by atoms with Gasteiger partial charge >= 0.3 is 6.09 Å². The first-order valence-electron chi connectivity index (χ1n) is 12.0. The molecular formula is C28H32N4O3. The van der Waals surface area contributed by atoms with Crippen molar-refractivity contribution >= 4 is 17.5 Å². The summed E-state index contributed by atoms with van der Waals surface area (Å²) in [5.74, 6) is 0. The third-order valence-electron chi connectivity index (χ3n) is 6.90. The van der Waals surface area contributed by atoms with Crippen LogP contribution in [-0.2, 0) is 10.3 Å². The Morgan fingerprint density at radius 1 is 1.00 bits per heavy atom. The van der Waals surface area contributed by atoms with Gasteiger partial charge in [-0.2, -0.15) is 0 Å². The minimum Gasteiger partial charge on any atom is -0.438 e. The number of ether oxygens (including phenoxy) is 1. The number of amides is 1. The van der Waals surface area contributed by atoms with Crippen LogP contribution in [0, 0.1) is 0 Å². The van der Waals surface area contributed by atoms with Gasteiger partial charge in [0.2, 0.25) is 0 Å². The number of benzene rings is 3. The summed E-state index contributed by atoms with van der Waals surface area (Å²) in [6.07, 6.45) is 0.595. The van der Waals surface area contributed by atoms with Crippen molar-refractivity contribution in [2.75, 3.05) is 17.4 Å². The summed E-state index contributed by atoms with van der Waals surface area (Å²) in [5.41, 5.74) is 13.4. The van der Waals surface area contributed by atoms with E-state index in [-0.39, 0.29) is 12.1 Å². The summed E-state index contributed by atoms with van der Waals surface area (Å²) in [6, 6.07) is 24.1. The van der Waals surface area contributed by atoms with Crippen LogP contribution in [-0.4, -0.2) is 28.2 Å². The highest BCUT2D eigenvalue weighted by atomic mass is 16.6. The topological polar surface area (TPSA) is 85.9 Å². The molecule has 1 fully saturated rings. The Kier molecular flexibility index (Phi) is 5.91. The predicted octanol–water partition coefficient (Wildman–Crippen LogP) is 5.57. The fraction of sp³-hybridized carbons (Fsp3) is 0.321. The monoisotopic (exact) mass is 472 g/mol. The number of nitrogens with one attached hydrogen (secondary N) is 3. The number of carbonyl (C=O) groups is 1. The van der Waals surface area contributed by atoms with Crippen LogP contribution < -0.4 is 16.4 Å². The Morgan fingerprint density at radius 3 is 2.37 bits per heavy atom. The Morgan fingerprint density at radius 2 is 1.69 bits per heavy atom. The normalized spacial score (nSPS) is 20.5. The Balaban J connectivity index is 1.33. The van der Waals surface area contributed by atoms with Gasteiger partial charge in [-0.05, 0) is 55.2 Å². The average molecular weight is 473 g/mol. The van der Waals surface area contributed by atoms with E-state index in [4.69, 9.17) is 4.74 Å². The highest BCUT2D eigenvalue weighted by Crippen LogP contribution is 2.42. The molecule has 1 saturated heterocycles. The Bertz CT molecular complexity index is 1210. The smallest absolute Gasteiger partial charge is 0.411 e. The van der Waals surface area contributed by atoms with Crippen LogP contribution in [0.3, 0.4) is 0 Å². The van der Waals surface area contributed by atoms with Crippen LogP contribution in [0.1, 0.15) is 50.8 Å². The minimum atomic E-state index is -0.973. The number of fused-ring (bicyclic) bond motifs is 1. The molecule has 7 heteroatoms. The number of cyclic esters (lactones) is 1. The first-order chi connectivity index (χ1) is 16.7. The number of rotatable bonds is 6. The molecule has 0 aromatic heterocycles. The number of aliphatic hydroxyl groups is 1. The van der Waals surface area contributed by atoms with Crippen molar-refractivity contribution in [1.82, 2.24) is 10.4 Å². The molecule has 2 atom stereocenters. The predicted molar refractivity (Wildman–Crippen MR) is 138 cm³/mol. The van der Waals surface area contributed by atoms with Gasteiger partial charge in [0, 0.05) is 19.4 Å². The van der Waals surface area contributed by atoms with E-state index in [1.807, 2.05) is 43.3 Å². The second-order valence-electron chi connectivity index (χ2n) is 10.1. The maximum Gasteiger partial charge on any atom is 0.411 e. The zero-order chi connectivity index (χ0) is 24.6. The van der Waals surface area contributed by atoms with Crippen LogP contribution in [0.4, 0.5) is 16.2 Å². The van der Waals surface area contributed by atoms with Gasteiger partial charge in [0.05, 0.1) is 23.0 Å². The quantitative estimate of drug-likeness (QED) is 0.375. The Hall–Kier alpha value is -3.55. The molecule has 2 heterocycles. The maximum absolute atomic E-state index is 13.3. The second-order valence-corrected chi connectivity index (χ2v) is 10.1. The summed E-state index contributed by atoms with van der Waals surface area (Å²) in [5, 5.41) is 10.6. The Labute approximate surface area is 206 Å². The van der Waals surface area contributed by atoms with E-state index in [1.165, 1.54) is 0 Å². The SMILES string of the molecule is CC(c1ccc(-c2ccc3c(c2)NNN3)cc1)N1CCC(CC(C)(C)O)(c2ccccc2)OC1=O. The van der Waals surface area contributed by atoms with Gasteiger partial charge in [-0.25, -0.2) is 4.79 Å². The van der Waals surface area contributed by atoms with Crippen molar-refractivity contribution in [3.63, 3.8) is 0 Å². The zero-order valence-corrected chi connectivity index (χ0v) is 20.3. The largest absolute Gasteiger partial charge is 0.438 e. The van der Waals surface area contributed by atoms with Crippen molar-refractivity contribution < 1.29 is 14.6 Å². The molecule has 35 heavy (non-hydrogen) atoms. The third-order valence-corrected chi connectivity index (χ3v) is 6.90. The van der Waals surface area contributed by atoms with Crippen LogP contribution >= 0.6 is 0 Å². The van der Waals surface area contributed by atoms with E-state index in [0.717, 1.165) is 33.6 Å². The molecule has 7 nitrogen and oxygen atoms in total. The first-order valence-corrected chi connectivity index (χ1v) is 12.0. The standard InChI is InChI=1S/C28H32N4O3/c1-19(20-9-11-21(12-10-20)22-13-14-24-25(17-22)30-31-29-24)32-16-15-28(35-26(32)33,18-27(2,3)34)23-7-5-4-6-8-23/h4-14,17,19,29-31,34H,15-16,18H2,1-3H3. The molecule has 0 bridgehead atoms. The van der Waals surface area contributed by atoms with E-state index in [9.17, 15) is 9.90 Å². The van der Waals surface area contributed by atoms with Crippen molar-refractivity contribution in [1.29, 1.82) is 0 Å². The first kappa shape index (κ1) is 23.2. The van der Waals surface area contributed by atoms with Crippen molar-refractivity contribution in [3.8, 4) is 11.1 Å². The summed E-state index contributed by atoms with van der Waals surface area (Å²) >= 11 is 0. The summed E-state index contributed by atoms with van der Waals surface area (Å²) in [7, 11) is 0. The second kappa shape index (κ2) is 8.91. The fourth-order valence-electron chi connectivity index (χ4n) is 5.13. The molecule has 3 aromatic carbocycles. The van der Waals surface area contributed by atoms with Gasteiger partial charge in [-0.3, -0.25) is 0 Å². The molecule has 2 aliphatic rings. The number of carbonyl (C=O) groups excluding carboxylic acids is 1. The molecule has 0 radical (unpaired) electrons. The van der Waals surface area contributed by atoms with E-state index in [0.29, 0.717) is 19.4 Å². The number of hydrogen-bond acceptors (Lipinski definition) is 6. The van der Waals surface area contributed by atoms with Gasteiger partial charge < -0.3 is 25.6 Å². The van der Waals surface area contributed by atoms with Crippen molar-refractivity contribution in [2.24, 2.45) is 0 Å². The van der Waals surface area contributed by atoms with Gasteiger partial charge in [0.1, 0.15) is 5.60 Å². The summed E-state index contributed by atoms with van der Waals surface area (Å²) in [4.78, 5) is 15.1. The van der Waals surface area contributed by atoms with Gasteiger partial charge in [0.25, 0.3) is 0 Å². The van der Waals surface area contributed by atoms with Gasteiger partial charge in [-0.15, -0.1) is 5.53 Å². The van der Waals surface area contributed by atoms with Crippen LogP contribution in [0.5, 0.6) is 0 Å². The van der Waals surface area contributed by atoms with E-state index < -0.39 is 11.2 Å².